The van der Waals surface area contributed by atoms with Crippen LogP contribution in [0.4, 0.5) is 0 Å². The highest BCUT2D eigenvalue weighted by molar-refractivity contribution is 5.86. The summed E-state index contributed by atoms with van der Waals surface area (Å²) in [6.07, 6.45) is 1.35. The lowest BCUT2D eigenvalue weighted by Crippen LogP contribution is -2.20. The minimum Gasteiger partial charge on any atom is -0.497 e. The number of hydrogen-bond acceptors (Lipinski definition) is 3. The lowest BCUT2D eigenvalue weighted by molar-refractivity contribution is -0.140. The Balaban J connectivity index is 2.43. The number of hydrogen-bond donors (Lipinski definition) is 1. The molecule has 4 nitrogen and oxygen atoms in total. The van der Waals surface area contributed by atoms with Crippen LogP contribution in [0.2, 0.25) is 0 Å². The van der Waals surface area contributed by atoms with E-state index in [1.807, 2.05) is 6.92 Å². The summed E-state index contributed by atoms with van der Waals surface area (Å²) in [7, 11) is 1.58. The molecule has 1 aliphatic rings. The standard InChI is InChI=1S/C13H16O4/c1-3-17-11-8-9(16-2)4-5-10(11)13(6-7-13)12(14)15/h4-5,8H,3,6-7H2,1-2H3,(H,14,15). The fourth-order valence-electron chi connectivity index (χ4n) is 2.02. The Labute approximate surface area is 100 Å². The van der Waals surface area contributed by atoms with Crippen LogP contribution in [0.1, 0.15) is 25.3 Å². The van der Waals surface area contributed by atoms with E-state index in [-0.39, 0.29) is 0 Å². The smallest absolute Gasteiger partial charge is 0.314 e. The molecule has 1 aromatic rings. The highest BCUT2D eigenvalue weighted by Gasteiger charge is 2.53. The van der Waals surface area contributed by atoms with Crippen LogP contribution >= 0.6 is 0 Å². The van der Waals surface area contributed by atoms with Gasteiger partial charge in [-0.15, -0.1) is 0 Å². The van der Waals surface area contributed by atoms with Crippen molar-refractivity contribution in [3.05, 3.63) is 23.8 Å². The third kappa shape index (κ3) is 1.95. The molecule has 0 radical (unpaired) electrons. The molecule has 0 aromatic heterocycles. The Bertz CT molecular complexity index is 435. The Morgan fingerprint density at radius 2 is 2.18 bits per heavy atom. The molecule has 0 spiro atoms. The second-order valence-corrected chi connectivity index (χ2v) is 4.18. The Morgan fingerprint density at radius 3 is 2.65 bits per heavy atom. The minimum atomic E-state index is -0.774. The SMILES string of the molecule is CCOc1cc(OC)ccc1C1(C(=O)O)CC1. The second-order valence-electron chi connectivity index (χ2n) is 4.18. The number of rotatable bonds is 5. The molecule has 0 amide bonds. The van der Waals surface area contributed by atoms with Crippen molar-refractivity contribution in [2.75, 3.05) is 13.7 Å². The molecule has 0 saturated heterocycles. The lowest BCUT2D eigenvalue weighted by atomic mass is 9.95. The van der Waals surface area contributed by atoms with E-state index in [1.165, 1.54) is 0 Å². The van der Waals surface area contributed by atoms with Crippen molar-refractivity contribution in [3.8, 4) is 11.5 Å². The Morgan fingerprint density at radius 1 is 1.47 bits per heavy atom. The Kier molecular flexibility index (Phi) is 2.96. The molecular formula is C13H16O4. The van der Waals surface area contributed by atoms with E-state index in [2.05, 4.69) is 0 Å². The fourth-order valence-corrected chi connectivity index (χ4v) is 2.02. The average Bonchev–Trinajstić information content (AvgIpc) is 3.10. The summed E-state index contributed by atoms with van der Waals surface area (Å²) < 4.78 is 10.6. The van der Waals surface area contributed by atoms with Crippen LogP contribution in [0, 0.1) is 0 Å². The van der Waals surface area contributed by atoms with E-state index in [9.17, 15) is 9.90 Å². The molecule has 0 aliphatic heterocycles. The van der Waals surface area contributed by atoms with Gasteiger partial charge in [0, 0.05) is 11.6 Å². The van der Waals surface area contributed by atoms with Crippen LogP contribution in [0.25, 0.3) is 0 Å². The number of carboxylic acid groups (broad SMARTS) is 1. The van der Waals surface area contributed by atoms with Gasteiger partial charge in [0.2, 0.25) is 0 Å². The van der Waals surface area contributed by atoms with Crippen LogP contribution in [0.15, 0.2) is 18.2 Å². The highest BCUT2D eigenvalue weighted by Crippen LogP contribution is 2.52. The number of carboxylic acids is 1. The first-order valence-corrected chi connectivity index (χ1v) is 5.69. The summed E-state index contributed by atoms with van der Waals surface area (Å²) in [5.41, 5.74) is 0.0178. The van der Waals surface area contributed by atoms with Gasteiger partial charge in [0.05, 0.1) is 19.1 Å². The first-order chi connectivity index (χ1) is 8.14. The van der Waals surface area contributed by atoms with Crippen molar-refractivity contribution in [2.45, 2.75) is 25.2 Å². The van der Waals surface area contributed by atoms with Gasteiger partial charge < -0.3 is 14.6 Å². The van der Waals surface area contributed by atoms with E-state index in [4.69, 9.17) is 9.47 Å². The first-order valence-electron chi connectivity index (χ1n) is 5.69. The van der Waals surface area contributed by atoms with Gasteiger partial charge in [-0.25, -0.2) is 0 Å². The summed E-state index contributed by atoms with van der Waals surface area (Å²) in [4.78, 5) is 11.3. The van der Waals surface area contributed by atoms with Crippen LogP contribution < -0.4 is 9.47 Å². The number of aliphatic carboxylic acids is 1. The molecule has 1 N–H and O–H groups in total. The monoisotopic (exact) mass is 236 g/mol. The maximum atomic E-state index is 11.3. The lowest BCUT2D eigenvalue weighted by Gasteiger charge is -2.16. The molecule has 0 heterocycles. The quantitative estimate of drug-likeness (QED) is 0.851. The molecule has 2 rings (SSSR count). The zero-order chi connectivity index (χ0) is 12.5. The highest BCUT2D eigenvalue weighted by atomic mass is 16.5. The van der Waals surface area contributed by atoms with E-state index >= 15 is 0 Å². The van der Waals surface area contributed by atoms with E-state index in [0.29, 0.717) is 30.9 Å². The van der Waals surface area contributed by atoms with Gasteiger partial charge in [-0.2, -0.15) is 0 Å². The zero-order valence-electron chi connectivity index (χ0n) is 10.0. The third-order valence-corrected chi connectivity index (χ3v) is 3.16. The van der Waals surface area contributed by atoms with Crippen molar-refractivity contribution >= 4 is 5.97 Å². The topological polar surface area (TPSA) is 55.8 Å². The first kappa shape index (κ1) is 11.8. The van der Waals surface area contributed by atoms with Gasteiger partial charge >= 0.3 is 5.97 Å². The second kappa shape index (κ2) is 4.28. The number of methoxy groups -OCH3 is 1. The molecule has 0 unspecified atom stereocenters. The summed E-state index contributed by atoms with van der Waals surface area (Å²) in [5, 5.41) is 9.29. The van der Waals surface area contributed by atoms with Gasteiger partial charge in [-0.1, -0.05) is 6.07 Å². The molecule has 1 aliphatic carbocycles. The summed E-state index contributed by atoms with van der Waals surface area (Å²) in [6, 6.07) is 5.33. The van der Waals surface area contributed by atoms with Gasteiger partial charge in [0.1, 0.15) is 11.5 Å². The molecule has 4 heteroatoms. The van der Waals surface area contributed by atoms with Gasteiger partial charge in [0.15, 0.2) is 0 Å². The van der Waals surface area contributed by atoms with Crippen molar-refractivity contribution in [1.29, 1.82) is 0 Å². The molecule has 1 saturated carbocycles. The third-order valence-electron chi connectivity index (χ3n) is 3.16. The molecule has 0 bridgehead atoms. The normalized spacial score (nSPS) is 16.4. The number of benzene rings is 1. The van der Waals surface area contributed by atoms with Crippen molar-refractivity contribution < 1.29 is 19.4 Å². The Hall–Kier alpha value is -1.71. The van der Waals surface area contributed by atoms with Crippen LogP contribution in [0.5, 0.6) is 11.5 Å². The molecule has 92 valence electrons. The number of ether oxygens (including phenoxy) is 2. The molecule has 17 heavy (non-hydrogen) atoms. The van der Waals surface area contributed by atoms with E-state index in [1.54, 1.807) is 25.3 Å². The maximum absolute atomic E-state index is 11.3. The predicted octanol–water partition coefficient (Wildman–Crippen LogP) is 2.21. The molecule has 1 aromatic carbocycles. The van der Waals surface area contributed by atoms with E-state index < -0.39 is 11.4 Å². The molecular weight excluding hydrogens is 220 g/mol. The summed E-state index contributed by atoms with van der Waals surface area (Å²) in [6.45, 7) is 2.39. The van der Waals surface area contributed by atoms with Crippen LogP contribution in [0.3, 0.4) is 0 Å². The van der Waals surface area contributed by atoms with Gasteiger partial charge in [0.25, 0.3) is 0 Å². The van der Waals surface area contributed by atoms with Crippen LogP contribution in [-0.4, -0.2) is 24.8 Å². The van der Waals surface area contributed by atoms with Crippen molar-refractivity contribution in [1.82, 2.24) is 0 Å². The molecule has 1 fully saturated rings. The average molecular weight is 236 g/mol. The largest absolute Gasteiger partial charge is 0.497 e. The van der Waals surface area contributed by atoms with E-state index in [0.717, 1.165) is 5.56 Å². The van der Waals surface area contributed by atoms with Crippen molar-refractivity contribution in [2.24, 2.45) is 0 Å². The summed E-state index contributed by atoms with van der Waals surface area (Å²) >= 11 is 0. The zero-order valence-corrected chi connectivity index (χ0v) is 10.0. The summed E-state index contributed by atoms with van der Waals surface area (Å²) in [5.74, 6) is 0.522. The maximum Gasteiger partial charge on any atom is 0.314 e. The number of carbonyl (C=O) groups is 1. The van der Waals surface area contributed by atoms with Gasteiger partial charge in [-0.05, 0) is 25.8 Å². The fraction of sp³-hybridized carbons (Fsp3) is 0.462. The van der Waals surface area contributed by atoms with Gasteiger partial charge in [-0.3, -0.25) is 4.79 Å². The molecule has 0 atom stereocenters. The van der Waals surface area contributed by atoms with Crippen molar-refractivity contribution in [3.63, 3.8) is 0 Å². The van der Waals surface area contributed by atoms with Crippen LogP contribution in [-0.2, 0) is 10.2 Å². The predicted molar refractivity (Wildman–Crippen MR) is 62.7 cm³/mol. The minimum absolute atomic E-state index is 0.510.